The molecule has 1 aliphatic rings. The van der Waals surface area contributed by atoms with E-state index in [9.17, 15) is 0 Å². The number of aryl methyl sites for hydroxylation is 1. The van der Waals surface area contributed by atoms with Gasteiger partial charge in [-0.25, -0.2) is 4.98 Å². The molecule has 0 amide bonds. The summed E-state index contributed by atoms with van der Waals surface area (Å²) in [6.45, 7) is 10.6. The zero-order valence-corrected chi connectivity index (χ0v) is 14.0. The van der Waals surface area contributed by atoms with Crippen LogP contribution in [0.2, 0.25) is 0 Å². The fourth-order valence-corrected chi connectivity index (χ4v) is 3.69. The van der Waals surface area contributed by atoms with Gasteiger partial charge in [-0.05, 0) is 40.7 Å². The molecule has 1 saturated heterocycles. The molecule has 5 heteroatoms. The first-order valence-corrected chi connectivity index (χ1v) is 8.41. The van der Waals surface area contributed by atoms with E-state index < -0.39 is 0 Å². The Morgan fingerprint density at radius 1 is 1.45 bits per heavy atom. The summed E-state index contributed by atoms with van der Waals surface area (Å²) < 4.78 is 0. The molecule has 0 unspecified atom stereocenters. The summed E-state index contributed by atoms with van der Waals surface area (Å²) in [6.07, 6.45) is 2.31. The van der Waals surface area contributed by atoms with Gasteiger partial charge in [0.1, 0.15) is 0 Å². The molecular formula is C15H28N4S. The van der Waals surface area contributed by atoms with Crippen LogP contribution in [0.25, 0.3) is 0 Å². The highest BCUT2D eigenvalue weighted by Crippen LogP contribution is 2.29. The quantitative estimate of drug-likeness (QED) is 0.903. The normalized spacial score (nSPS) is 19.9. The van der Waals surface area contributed by atoms with Crippen molar-refractivity contribution in [3.05, 3.63) is 16.1 Å². The molecule has 0 radical (unpaired) electrons. The summed E-state index contributed by atoms with van der Waals surface area (Å²) in [5.41, 5.74) is 7.46. The predicted molar refractivity (Wildman–Crippen MR) is 86.0 cm³/mol. The monoisotopic (exact) mass is 296 g/mol. The maximum Gasteiger partial charge on any atom is 0.0897 e. The third-order valence-electron chi connectivity index (χ3n) is 4.71. The van der Waals surface area contributed by atoms with Crippen LogP contribution in [-0.4, -0.2) is 53.0 Å². The Morgan fingerprint density at radius 2 is 2.10 bits per heavy atom. The molecule has 0 aliphatic carbocycles. The molecule has 1 aromatic heterocycles. The van der Waals surface area contributed by atoms with E-state index in [-0.39, 0.29) is 5.54 Å². The van der Waals surface area contributed by atoms with E-state index in [0.717, 1.165) is 44.0 Å². The van der Waals surface area contributed by atoms with E-state index in [1.165, 1.54) is 5.69 Å². The van der Waals surface area contributed by atoms with Crippen LogP contribution in [0.3, 0.4) is 0 Å². The summed E-state index contributed by atoms with van der Waals surface area (Å²) in [6, 6.07) is 0.636. The number of hydrogen-bond acceptors (Lipinski definition) is 5. The Kier molecular flexibility index (Phi) is 5.18. The zero-order chi connectivity index (χ0) is 14.8. The van der Waals surface area contributed by atoms with Gasteiger partial charge in [-0.15, -0.1) is 11.3 Å². The molecule has 20 heavy (non-hydrogen) atoms. The molecule has 1 aromatic rings. The van der Waals surface area contributed by atoms with Gasteiger partial charge in [-0.3, -0.25) is 4.90 Å². The fraction of sp³-hybridized carbons (Fsp3) is 0.800. The van der Waals surface area contributed by atoms with Crippen molar-refractivity contribution in [1.82, 2.24) is 14.8 Å². The Hall–Kier alpha value is -0.490. The third kappa shape index (κ3) is 3.39. The number of likely N-dealkylation sites (tertiary alicyclic amines) is 1. The molecule has 0 atom stereocenters. The van der Waals surface area contributed by atoms with Crippen LogP contribution in [0.4, 0.5) is 0 Å². The van der Waals surface area contributed by atoms with Gasteiger partial charge in [0.15, 0.2) is 0 Å². The van der Waals surface area contributed by atoms with Gasteiger partial charge >= 0.3 is 0 Å². The van der Waals surface area contributed by atoms with Crippen LogP contribution in [0.1, 0.15) is 37.4 Å². The second kappa shape index (κ2) is 6.52. The second-order valence-electron chi connectivity index (χ2n) is 6.27. The van der Waals surface area contributed by atoms with Crippen LogP contribution in [-0.2, 0) is 6.54 Å². The minimum Gasteiger partial charge on any atom is -0.329 e. The molecule has 1 aliphatic heterocycles. The fourth-order valence-electron chi connectivity index (χ4n) is 3.09. The van der Waals surface area contributed by atoms with Crippen molar-refractivity contribution in [3.63, 3.8) is 0 Å². The summed E-state index contributed by atoms with van der Waals surface area (Å²) >= 11 is 1.73. The third-order valence-corrected chi connectivity index (χ3v) is 5.54. The van der Waals surface area contributed by atoms with Crippen molar-refractivity contribution in [1.29, 1.82) is 0 Å². The molecule has 0 bridgehead atoms. The molecule has 0 spiro atoms. The molecule has 0 saturated carbocycles. The maximum absolute atomic E-state index is 6.14. The lowest BCUT2D eigenvalue weighted by Gasteiger charge is -2.47. The molecule has 4 nitrogen and oxygen atoms in total. The first-order valence-electron chi connectivity index (χ1n) is 7.53. The van der Waals surface area contributed by atoms with E-state index in [4.69, 9.17) is 5.73 Å². The summed E-state index contributed by atoms with van der Waals surface area (Å²) in [4.78, 5) is 9.56. The largest absolute Gasteiger partial charge is 0.329 e. The average Bonchev–Trinajstić information content (AvgIpc) is 2.84. The van der Waals surface area contributed by atoms with Crippen molar-refractivity contribution >= 4 is 11.3 Å². The van der Waals surface area contributed by atoms with Crippen LogP contribution >= 0.6 is 11.3 Å². The van der Waals surface area contributed by atoms with Gasteiger partial charge in [0.2, 0.25) is 0 Å². The molecule has 0 aromatic carbocycles. The Bertz CT molecular complexity index is 421. The second-order valence-corrected chi connectivity index (χ2v) is 7.33. The van der Waals surface area contributed by atoms with Gasteiger partial charge in [0, 0.05) is 43.1 Å². The van der Waals surface area contributed by atoms with Crippen LogP contribution < -0.4 is 5.73 Å². The highest BCUT2D eigenvalue weighted by molar-refractivity contribution is 7.09. The predicted octanol–water partition coefficient (Wildman–Crippen LogP) is 2.09. The summed E-state index contributed by atoms with van der Waals surface area (Å²) in [5.74, 6) is 0. The van der Waals surface area contributed by atoms with Gasteiger partial charge < -0.3 is 10.6 Å². The Morgan fingerprint density at radius 3 is 2.55 bits per heavy atom. The van der Waals surface area contributed by atoms with Crippen molar-refractivity contribution < 1.29 is 0 Å². The number of rotatable bonds is 5. The van der Waals surface area contributed by atoms with Gasteiger partial charge in [-0.2, -0.15) is 0 Å². The van der Waals surface area contributed by atoms with E-state index in [0.29, 0.717) is 6.04 Å². The summed E-state index contributed by atoms with van der Waals surface area (Å²) in [5, 5.41) is 3.31. The number of hydrogen-bond donors (Lipinski definition) is 1. The van der Waals surface area contributed by atoms with Crippen molar-refractivity contribution in [2.45, 2.75) is 51.7 Å². The van der Waals surface area contributed by atoms with Crippen molar-refractivity contribution in [2.75, 3.05) is 26.7 Å². The number of thiazole rings is 1. The minimum absolute atomic E-state index is 0.142. The first kappa shape index (κ1) is 15.9. The van der Waals surface area contributed by atoms with Crippen LogP contribution in [0, 0.1) is 6.92 Å². The standard InChI is InChI=1S/C15H28N4S/c1-12(2)19-7-5-15(11-16,6-8-19)18(4)9-14-10-20-13(3)17-14/h10,12H,5-9,11,16H2,1-4H3. The van der Waals surface area contributed by atoms with Gasteiger partial charge in [-0.1, -0.05) is 0 Å². The van der Waals surface area contributed by atoms with E-state index in [2.05, 4.69) is 48.0 Å². The van der Waals surface area contributed by atoms with Gasteiger partial charge in [0.25, 0.3) is 0 Å². The first-order chi connectivity index (χ1) is 9.47. The van der Waals surface area contributed by atoms with E-state index in [1.807, 2.05) is 0 Å². The number of piperidine rings is 1. The number of nitrogens with zero attached hydrogens (tertiary/aromatic N) is 3. The molecule has 2 N–H and O–H groups in total. The van der Waals surface area contributed by atoms with Crippen molar-refractivity contribution in [3.8, 4) is 0 Å². The van der Waals surface area contributed by atoms with E-state index in [1.54, 1.807) is 11.3 Å². The SMILES string of the molecule is Cc1nc(CN(C)C2(CN)CCN(C(C)C)CC2)cs1. The highest BCUT2D eigenvalue weighted by Gasteiger charge is 2.37. The Balaban J connectivity index is 2.00. The molecule has 2 heterocycles. The molecule has 1 fully saturated rings. The van der Waals surface area contributed by atoms with Crippen LogP contribution in [0.15, 0.2) is 5.38 Å². The maximum atomic E-state index is 6.14. The molecule has 2 rings (SSSR count). The van der Waals surface area contributed by atoms with E-state index >= 15 is 0 Å². The lowest BCUT2D eigenvalue weighted by Crippen LogP contribution is -2.58. The number of nitrogens with two attached hydrogens (primary N) is 1. The zero-order valence-electron chi connectivity index (χ0n) is 13.2. The number of likely N-dealkylation sites (N-methyl/N-ethyl adjacent to an activating group) is 1. The average molecular weight is 296 g/mol. The molecule has 114 valence electrons. The van der Waals surface area contributed by atoms with Crippen LogP contribution in [0.5, 0.6) is 0 Å². The number of aromatic nitrogens is 1. The highest BCUT2D eigenvalue weighted by atomic mass is 32.1. The lowest BCUT2D eigenvalue weighted by atomic mass is 9.85. The van der Waals surface area contributed by atoms with Crippen molar-refractivity contribution in [2.24, 2.45) is 5.73 Å². The Labute approximate surface area is 127 Å². The smallest absolute Gasteiger partial charge is 0.0897 e. The minimum atomic E-state index is 0.142. The summed E-state index contributed by atoms with van der Waals surface area (Å²) in [7, 11) is 2.20. The lowest BCUT2D eigenvalue weighted by molar-refractivity contribution is 0.0292. The van der Waals surface area contributed by atoms with Gasteiger partial charge in [0.05, 0.1) is 10.7 Å². The topological polar surface area (TPSA) is 45.4 Å². The molecular weight excluding hydrogens is 268 g/mol.